The lowest BCUT2D eigenvalue weighted by molar-refractivity contribution is -0.129. The van der Waals surface area contributed by atoms with Crippen molar-refractivity contribution >= 4 is 15.7 Å². The summed E-state index contributed by atoms with van der Waals surface area (Å²) in [7, 11) is -3.22. The van der Waals surface area contributed by atoms with Gasteiger partial charge in [0.1, 0.15) is 0 Å². The van der Waals surface area contributed by atoms with Gasteiger partial charge in [-0.15, -0.1) is 0 Å². The maximum Gasteiger partial charge on any atom is 0.227 e. The molecular formula is C21H26N2O3S. The SMILES string of the molecule is CCS(=O)(=O)c1ccc(CC(=O)N2C[C@@H](CN)[C@H](c3ccccc3)C2)cc1. The second-order valence-electron chi connectivity index (χ2n) is 7.04. The zero-order valence-electron chi connectivity index (χ0n) is 15.5. The summed E-state index contributed by atoms with van der Waals surface area (Å²) in [6, 6.07) is 16.8. The third-order valence-corrected chi connectivity index (χ3v) is 7.09. The first kappa shape index (κ1) is 19.6. The van der Waals surface area contributed by atoms with Gasteiger partial charge in [0, 0.05) is 19.0 Å². The highest BCUT2D eigenvalue weighted by atomic mass is 32.2. The second-order valence-corrected chi connectivity index (χ2v) is 9.31. The monoisotopic (exact) mass is 386 g/mol. The summed E-state index contributed by atoms with van der Waals surface area (Å²) in [5.41, 5.74) is 7.99. The second kappa shape index (κ2) is 8.23. The van der Waals surface area contributed by atoms with Crippen molar-refractivity contribution in [1.29, 1.82) is 0 Å². The number of hydrogen-bond donors (Lipinski definition) is 1. The van der Waals surface area contributed by atoms with Crippen molar-refractivity contribution in [2.75, 3.05) is 25.4 Å². The van der Waals surface area contributed by atoms with Crippen molar-refractivity contribution in [1.82, 2.24) is 4.90 Å². The van der Waals surface area contributed by atoms with Gasteiger partial charge in [-0.3, -0.25) is 4.79 Å². The van der Waals surface area contributed by atoms with Gasteiger partial charge in [0.15, 0.2) is 9.84 Å². The van der Waals surface area contributed by atoms with Crippen LogP contribution in [0.25, 0.3) is 0 Å². The summed E-state index contributed by atoms with van der Waals surface area (Å²) in [6.45, 7) is 3.51. The quantitative estimate of drug-likeness (QED) is 0.825. The zero-order valence-corrected chi connectivity index (χ0v) is 16.4. The van der Waals surface area contributed by atoms with E-state index >= 15 is 0 Å². The third-order valence-electron chi connectivity index (χ3n) is 5.34. The molecule has 0 bridgehead atoms. The van der Waals surface area contributed by atoms with Gasteiger partial charge in [-0.2, -0.15) is 0 Å². The minimum Gasteiger partial charge on any atom is -0.341 e. The van der Waals surface area contributed by atoms with E-state index < -0.39 is 9.84 Å². The van der Waals surface area contributed by atoms with Crippen LogP contribution in [0.4, 0.5) is 0 Å². The molecule has 1 saturated heterocycles. The van der Waals surface area contributed by atoms with Gasteiger partial charge in [0.25, 0.3) is 0 Å². The molecule has 0 unspecified atom stereocenters. The van der Waals surface area contributed by atoms with Gasteiger partial charge >= 0.3 is 0 Å². The Bertz CT molecular complexity index is 879. The van der Waals surface area contributed by atoms with Crippen molar-refractivity contribution in [3.63, 3.8) is 0 Å². The number of likely N-dealkylation sites (tertiary alicyclic amines) is 1. The van der Waals surface area contributed by atoms with Crippen LogP contribution in [0.15, 0.2) is 59.5 Å². The summed E-state index contributed by atoms with van der Waals surface area (Å²) in [5.74, 6) is 0.643. The highest BCUT2D eigenvalue weighted by Crippen LogP contribution is 2.32. The molecule has 2 aromatic carbocycles. The van der Waals surface area contributed by atoms with Crippen LogP contribution in [0.1, 0.15) is 24.0 Å². The first-order valence-corrected chi connectivity index (χ1v) is 10.9. The highest BCUT2D eigenvalue weighted by molar-refractivity contribution is 7.91. The van der Waals surface area contributed by atoms with Gasteiger partial charge in [0.05, 0.1) is 17.1 Å². The molecule has 2 atom stereocenters. The molecule has 6 heteroatoms. The van der Waals surface area contributed by atoms with Crippen LogP contribution in [0, 0.1) is 5.92 Å². The molecule has 5 nitrogen and oxygen atoms in total. The molecule has 0 saturated carbocycles. The predicted octanol–water partition coefficient (Wildman–Crippen LogP) is 2.22. The standard InChI is InChI=1S/C21H26N2O3S/c1-2-27(25,26)19-10-8-16(9-11-19)12-21(24)23-14-18(13-22)20(15-23)17-6-4-3-5-7-17/h3-11,18,20H,2,12-15,22H2,1H3/t18-,20+/m1/s1. The Morgan fingerprint density at radius 1 is 1.07 bits per heavy atom. The van der Waals surface area contributed by atoms with Crippen molar-refractivity contribution in [3.05, 3.63) is 65.7 Å². The molecule has 2 N–H and O–H groups in total. The summed E-state index contributed by atoms with van der Waals surface area (Å²) < 4.78 is 23.8. The maximum absolute atomic E-state index is 12.8. The Balaban J connectivity index is 1.68. The molecule has 0 aromatic heterocycles. The number of carbonyl (C=O) groups is 1. The van der Waals surface area contributed by atoms with E-state index in [0.717, 1.165) is 5.56 Å². The minimum absolute atomic E-state index is 0.0537. The molecular weight excluding hydrogens is 360 g/mol. The molecule has 0 aliphatic carbocycles. The Kier molecular flexibility index (Phi) is 5.97. The highest BCUT2D eigenvalue weighted by Gasteiger charge is 2.35. The summed E-state index contributed by atoms with van der Waals surface area (Å²) in [4.78, 5) is 14.9. The van der Waals surface area contributed by atoms with Crippen molar-refractivity contribution in [2.24, 2.45) is 11.7 Å². The van der Waals surface area contributed by atoms with Crippen LogP contribution in [0.2, 0.25) is 0 Å². The smallest absolute Gasteiger partial charge is 0.227 e. The van der Waals surface area contributed by atoms with Crippen LogP contribution in [0.3, 0.4) is 0 Å². The fourth-order valence-electron chi connectivity index (χ4n) is 3.66. The lowest BCUT2D eigenvalue weighted by Crippen LogP contribution is -2.31. The molecule has 1 aliphatic heterocycles. The molecule has 1 aliphatic rings. The molecule has 1 amide bonds. The first-order valence-electron chi connectivity index (χ1n) is 9.29. The van der Waals surface area contributed by atoms with E-state index in [1.165, 1.54) is 5.56 Å². The average Bonchev–Trinajstić information content (AvgIpc) is 3.14. The van der Waals surface area contributed by atoms with E-state index in [2.05, 4.69) is 12.1 Å². The summed E-state index contributed by atoms with van der Waals surface area (Å²) in [5, 5.41) is 0. The van der Waals surface area contributed by atoms with Gasteiger partial charge < -0.3 is 10.6 Å². The normalized spacial score (nSPS) is 20.0. The largest absolute Gasteiger partial charge is 0.341 e. The Labute approximate surface area is 161 Å². The van der Waals surface area contributed by atoms with Crippen LogP contribution in [0.5, 0.6) is 0 Å². The molecule has 3 rings (SSSR count). The fraction of sp³-hybridized carbons (Fsp3) is 0.381. The molecule has 2 aromatic rings. The molecule has 1 fully saturated rings. The Morgan fingerprint density at radius 2 is 1.74 bits per heavy atom. The number of benzene rings is 2. The molecule has 0 radical (unpaired) electrons. The van der Waals surface area contributed by atoms with Gasteiger partial charge in [-0.25, -0.2) is 8.42 Å². The number of sulfone groups is 1. The third kappa shape index (κ3) is 4.39. The zero-order chi connectivity index (χ0) is 19.4. The van der Waals surface area contributed by atoms with Crippen LogP contribution < -0.4 is 5.73 Å². The Hall–Kier alpha value is -2.18. The number of nitrogens with zero attached hydrogens (tertiary/aromatic N) is 1. The number of amides is 1. The number of carbonyl (C=O) groups excluding carboxylic acids is 1. The molecule has 0 spiro atoms. The molecule has 1 heterocycles. The topological polar surface area (TPSA) is 80.5 Å². The van der Waals surface area contributed by atoms with Crippen LogP contribution >= 0.6 is 0 Å². The van der Waals surface area contributed by atoms with Gasteiger partial charge in [-0.1, -0.05) is 49.4 Å². The summed E-state index contributed by atoms with van der Waals surface area (Å²) in [6.07, 6.45) is 0.269. The molecule has 144 valence electrons. The van der Waals surface area contributed by atoms with E-state index in [0.29, 0.717) is 24.5 Å². The van der Waals surface area contributed by atoms with Gasteiger partial charge in [0.2, 0.25) is 5.91 Å². The Morgan fingerprint density at radius 3 is 2.33 bits per heavy atom. The predicted molar refractivity (Wildman–Crippen MR) is 106 cm³/mol. The number of nitrogens with two attached hydrogens (primary N) is 1. The van der Waals surface area contributed by atoms with Crippen molar-refractivity contribution in [2.45, 2.75) is 24.2 Å². The van der Waals surface area contributed by atoms with E-state index in [1.807, 2.05) is 23.1 Å². The minimum atomic E-state index is -3.22. The van der Waals surface area contributed by atoms with E-state index in [1.54, 1.807) is 31.2 Å². The van der Waals surface area contributed by atoms with Crippen LogP contribution in [-0.4, -0.2) is 44.6 Å². The average molecular weight is 387 g/mol. The van der Waals surface area contributed by atoms with Crippen molar-refractivity contribution < 1.29 is 13.2 Å². The summed E-state index contributed by atoms with van der Waals surface area (Å²) >= 11 is 0. The first-order chi connectivity index (χ1) is 12.9. The lowest BCUT2D eigenvalue weighted by Gasteiger charge is -2.17. The fourth-order valence-corrected chi connectivity index (χ4v) is 4.54. The van der Waals surface area contributed by atoms with Gasteiger partial charge in [-0.05, 0) is 35.7 Å². The number of hydrogen-bond acceptors (Lipinski definition) is 4. The van der Waals surface area contributed by atoms with E-state index in [4.69, 9.17) is 5.73 Å². The van der Waals surface area contributed by atoms with E-state index in [-0.39, 0.29) is 29.9 Å². The van der Waals surface area contributed by atoms with Crippen LogP contribution in [-0.2, 0) is 21.1 Å². The number of rotatable bonds is 6. The maximum atomic E-state index is 12.8. The van der Waals surface area contributed by atoms with Crippen molar-refractivity contribution in [3.8, 4) is 0 Å². The lowest BCUT2D eigenvalue weighted by atomic mass is 9.89. The molecule has 27 heavy (non-hydrogen) atoms. The van der Waals surface area contributed by atoms with E-state index in [9.17, 15) is 13.2 Å².